The normalized spacial score (nSPS) is 28.4. The maximum atomic E-state index is 4.01. The molecule has 0 aromatic carbocycles. The van der Waals surface area contributed by atoms with E-state index in [4.69, 9.17) is 0 Å². The topological polar surface area (TPSA) is 15.3 Å². The lowest BCUT2D eigenvalue weighted by molar-refractivity contribution is 0.142. The monoisotopic (exact) mass is 292 g/mol. The van der Waals surface area contributed by atoms with E-state index in [9.17, 15) is 0 Å². The number of unbranched alkanes of at least 4 members (excludes halogenated alkanes) is 1. The van der Waals surface area contributed by atoms with Gasteiger partial charge in [-0.1, -0.05) is 26.2 Å². The van der Waals surface area contributed by atoms with Crippen LogP contribution in [0.2, 0.25) is 0 Å². The van der Waals surface area contributed by atoms with Gasteiger partial charge in [-0.25, -0.2) is 0 Å². The number of nitrogens with zero attached hydrogens (tertiary/aromatic N) is 1. The highest BCUT2D eigenvalue weighted by Crippen LogP contribution is 2.48. The maximum Gasteiger partial charge on any atom is 0.00940 e. The van der Waals surface area contributed by atoms with Gasteiger partial charge in [0, 0.05) is 12.1 Å². The van der Waals surface area contributed by atoms with Crippen molar-refractivity contribution < 1.29 is 0 Å². The van der Waals surface area contributed by atoms with Crippen LogP contribution in [-0.2, 0) is 0 Å². The molecule has 0 aromatic rings. The summed E-state index contributed by atoms with van der Waals surface area (Å²) in [5.41, 5.74) is 0.793. The van der Waals surface area contributed by atoms with Gasteiger partial charge in [0.05, 0.1) is 0 Å². The lowest BCUT2D eigenvalue weighted by atomic mass is 9.71. The summed E-state index contributed by atoms with van der Waals surface area (Å²) < 4.78 is 0. The molecule has 0 atom stereocenters. The van der Waals surface area contributed by atoms with Crippen LogP contribution in [0.25, 0.3) is 0 Å². The molecule has 1 saturated heterocycles. The van der Waals surface area contributed by atoms with E-state index >= 15 is 0 Å². The molecule has 2 aliphatic carbocycles. The molecule has 1 aliphatic heterocycles. The van der Waals surface area contributed by atoms with Gasteiger partial charge in [-0.3, -0.25) is 0 Å². The van der Waals surface area contributed by atoms with Crippen molar-refractivity contribution in [2.45, 2.75) is 96.1 Å². The molecule has 3 rings (SSSR count). The van der Waals surface area contributed by atoms with Crippen molar-refractivity contribution >= 4 is 0 Å². The van der Waals surface area contributed by atoms with Gasteiger partial charge in [0.25, 0.3) is 0 Å². The third-order valence-corrected chi connectivity index (χ3v) is 6.60. The van der Waals surface area contributed by atoms with E-state index in [1.54, 1.807) is 0 Å². The quantitative estimate of drug-likeness (QED) is 0.810. The highest BCUT2D eigenvalue weighted by atomic mass is 15.1. The zero-order valence-electron chi connectivity index (χ0n) is 14.2. The Kier molecular flexibility index (Phi) is 5.61. The standard InChI is InChI=1S/C19H36N2/c1-2-3-14-21-15-8-18(9-16-21)20-17-6-12-19(13-7-17)10-4-5-11-19/h17-18,20H,2-16H2,1H3. The fourth-order valence-electron chi connectivity index (χ4n) is 5.06. The molecule has 122 valence electrons. The Labute approximate surface area is 132 Å². The van der Waals surface area contributed by atoms with Gasteiger partial charge in [0.2, 0.25) is 0 Å². The average Bonchev–Trinajstić information content (AvgIpc) is 2.98. The molecule has 0 bridgehead atoms. The third-order valence-electron chi connectivity index (χ3n) is 6.60. The van der Waals surface area contributed by atoms with Crippen molar-refractivity contribution in [1.82, 2.24) is 10.2 Å². The minimum absolute atomic E-state index is 0.793. The summed E-state index contributed by atoms with van der Waals surface area (Å²) in [4.78, 5) is 2.68. The first kappa shape index (κ1) is 15.8. The van der Waals surface area contributed by atoms with Gasteiger partial charge in [0.15, 0.2) is 0 Å². The summed E-state index contributed by atoms with van der Waals surface area (Å²) in [5.74, 6) is 0. The third kappa shape index (κ3) is 4.22. The Balaban J connectivity index is 1.35. The highest BCUT2D eigenvalue weighted by Gasteiger charge is 2.37. The van der Waals surface area contributed by atoms with Crippen LogP contribution < -0.4 is 5.32 Å². The van der Waals surface area contributed by atoms with E-state index < -0.39 is 0 Å². The van der Waals surface area contributed by atoms with Gasteiger partial charge in [0.1, 0.15) is 0 Å². The number of rotatable bonds is 5. The van der Waals surface area contributed by atoms with Crippen molar-refractivity contribution in [3.8, 4) is 0 Å². The molecule has 1 heterocycles. The van der Waals surface area contributed by atoms with Gasteiger partial charge in [-0.15, -0.1) is 0 Å². The zero-order chi connectivity index (χ0) is 14.5. The molecule has 2 nitrogen and oxygen atoms in total. The van der Waals surface area contributed by atoms with Crippen molar-refractivity contribution in [1.29, 1.82) is 0 Å². The molecule has 0 aromatic heterocycles. The van der Waals surface area contributed by atoms with Crippen LogP contribution in [0.15, 0.2) is 0 Å². The fourth-order valence-corrected chi connectivity index (χ4v) is 5.06. The molecule has 1 N–H and O–H groups in total. The van der Waals surface area contributed by atoms with Crippen molar-refractivity contribution in [3.05, 3.63) is 0 Å². The van der Waals surface area contributed by atoms with E-state index in [0.29, 0.717) is 0 Å². The predicted molar refractivity (Wildman–Crippen MR) is 90.7 cm³/mol. The summed E-state index contributed by atoms with van der Waals surface area (Å²) in [6, 6.07) is 1.65. The second-order valence-electron chi connectivity index (χ2n) is 8.12. The number of hydrogen-bond donors (Lipinski definition) is 1. The smallest absolute Gasteiger partial charge is 0.00940 e. The van der Waals surface area contributed by atoms with E-state index in [1.165, 1.54) is 96.7 Å². The van der Waals surface area contributed by atoms with E-state index in [-0.39, 0.29) is 0 Å². The van der Waals surface area contributed by atoms with Crippen molar-refractivity contribution in [3.63, 3.8) is 0 Å². The minimum Gasteiger partial charge on any atom is -0.311 e. The Bertz CT molecular complexity index is 291. The van der Waals surface area contributed by atoms with Crippen LogP contribution in [0.1, 0.15) is 84.0 Å². The SMILES string of the molecule is CCCCN1CCC(NC2CCC3(CCCC3)CC2)CC1. The molecule has 21 heavy (non-hydrogen) atoms. The molecule has 2 saturated carbocycles. The first-order valence-electron chi connectivity index (χ1n) is 9.78. The van der Waals surface area contributed by atoms with Gasteiger partial charge >= 0.3 is 0 Å². The second-order valence-corrected chi connectivity index (χ2v) is 8.12. The molecule has 3 aliphatic rings. The van der Waals surface area contributed by atoms with E-state index in [2.05, 4.69) is 17.1 Å². The van der Waals surface area contributed by atoms with Gasteiger partial charge < -0.3 is 10.2 Å². The molecule has 0 radical (unpaired) electrons. The largest absolute Gasteiger partial charge is 0.311 e. The Morgan fingerprint density at radius 2 is 1.52 bits per heavy atom. The summed E-state index contributed by atoms with van der Waals surface area (Å²) in [5, 5.41) is 4.01. The molecule has 0 amide bonds. The lowest BCUT2D eigenvalue weighted by Gasteiger charge is -2.40. The molecular formula is C19H36N2. The summed E-state index contributed by atoms with van der Waals surface area (Å²) >= 11 is 0. The fraction of sp³-hybridized carbons (Fsp3) is 1.00. The summed E-state index contributed by atoms with van der Waals surface area (Å²) in [6.07, 6.45) is 17.5. The molecular weight excluding hydrogens is 256 g/mol. The Morgan fingerprint density at radius 3 is 2.14 bits per heavy atom. The first-order valence-corrected chi connectivity index (χ1v) is 9.78. The zero-order valence-corrected chi connectivity index (χ0v) is 14.2. The van der Waals surface area contributed by atoms with Crippen LogP contribution in [0.3, 0.4) is 0 Å². The summed E-state index contributed by atoms with van der Waals surface area (Å²) in [7, 11) is 0. The first-order chi connectivity index (χ1) is 10.3. The maximum absolute atomic E-state index is 4.01. The number of hydrogen-bond acceptors (Lipinski definition) is 2. The van der Waals surface area contributed by atoms with Crippen molar-refractivity contribution in [2.24, 2.45) is 5.41 Å². The molecule has 2 heteroatoms. The number of likely N-dealkylation sites (tertiary alicyclic amines) is 1. The highest BCUT2D eigenvalue weighted by molar-refractivity contribution is 4.92. The van der Waals surface area contributed by atoms with Crippen LogP contribution in [0, 0.1) is 5.41 Å². The van der Waals surface area contributed by atoms with Crippen LogP contribution >= 0.6 is 0 Å². The average molecular weight is 293 g/mol. The van der Waals surface area contributed by atoms with Crippen molar-refractivity contribution in [2.75, 3.05) is 19.6 Å². The lowest BCUT2D eigenvalue weighted by Crippen LogP contribution is -2.48. The predicted octanol–water partition coefficient (Wildman–Crippen LogP) is 4.34. The molecule has 3 fully saturated rings. The second kappa shape index (κ2) is 7.46. The number of piperidine rings is 1. The number of nitrogens with one attached hydrogen (secondary N) is 1. The van der Waals surface area contributed by atoms with Crippen LogP contribution in [0.5, 0.6) is 0 Å². The Morgan fingerprint density at radius 1 is 0.905 bits per heavy atom. The van der Waals surface area contributed by atoms with E-state index in [0.717, 1.165) is 17.5 Å². The molecule has 1 spiro atoms. The van der Waals surface area contributed by atoms with E-state index in [1.807, 2.05) is 0 Å². The van der Waals surface area contributed by atoms with Crippen LogP contribution in [-0.4, -0.2) is 36.6 Å². The van der Waals surface area contributed by atoms with Gasteiger partial charge in [-0.2, -0.15) is 0 Å². The minimum atomic E-state index is 0.793. The van der Waals surface area contributed by atoms with Gasteiger partial charge in [-0.05, 0) is 82.8 Å². The van der Waals surface area contributed by atoms with Crippen LogP contribution in [0.4, 0.5) is 0 Å². The molecule has 0 unspecified atom stereocenters. The Hall–Kier alpha value is -0.0800. The summed E-state index contributed by atoms with van der Waals surface area (Å²) in [6.45, 7) is 6.28.